The lowest BCUT2D eigenvalue weighted by Crippen LogP contribution is -2.46. The van der Waals surface area contributed by atoms with E-state index in [4.69, 9.17) is 5.11 Å². The summed E-state index contributed by atoms with van der Waals surface area (Å²) in [6, 6.07) is -0.562. The van der Waals surface area contributed by atoms with Crippen LogP contribution in [0.5, 0.6) is 0 Å². The monoisotopic (exact) mass is 256 g/mol. The number of hydrogen-bond acceptors (Lipinski definition) is 2. The number of carbonyl (C=O) groups excluding carboxylic acids is 1. The van der Waals surface area contributed by atoms with Gasteiger partial charge in [0, 0.05) is 12.6 Å². The quantitative estimate of drug-likeness (QED) is 0.680. The van der Waals surface area contributed by atoms with E-state index in [9.17, 15) is 9.59 Å². The fourth-order valence-corrected chi connectivity index (χ4v) is 2.31. The molecule has 1 atom stereocenters. The van der Waals surface area contributed by atoms with Gasteiger partial charge in [-0.15, -0.1) is 0 Å². The third kappa shape index (κ3) is 5.38. The lowest BCUT2D eigenvalue weighted by Gasteiger charge is -2.21. The molecule has 1 unspecified atom stereocenters. The van der Waals surface area contributed by atoms with Crippen molar-refractivity contribution in [1.29, 1.82) is 0 Å². The van der Waals surface area contributed by atoms with E-state index in [0.29, 0.717) is 12.5 Å². The van der Waals surface area contributed by atoms with Crippen molar-refractivity contribution >= 4 is 12.0 Å². The summed E-state index contributed by atoms with van der Waals surface area (Å²) in [4.78, 5) is 22.4. The highest BCUT2D eigenvalue weighted by Crippen LogP contribution is 2.23. The molecule has 0 aromatic carbocycles. The Balaban J connectivity index is 2.28. The van der Waals surface area contributed by atoms with E-state index in [1.165, 1.54) is 25.7 Å². The third-order valence-corrected chi connectivity index (χ3v) is 3.54. The molecule has 5 nitrogen and oxygen atoms in total. The first-order valence-electron chi connectivity index (χ1n) is 6.75. The molecule has 0 aromatic heterocycles. The second kappa shape index (κ2) is 7.24. The van der Waals surface area contributed by atoms with Gasteiger partial charge >= 0.3 is 12.0 Å². The Morgan fingerprint density at radius 3 is 2.39 bits per heavy atom. The van der Waals surface area contributed by atoms with Gasteiger partial charge in [0.05, 0.1) is 6.42 Å². The molecule has 0 saturated heterocycles. The summed E-state index contributed by atoms with van der Waals surface area (Å²) in [5, 5.41) is 14.4. The lowest BCUT2D eigenvalue weighted by atomic mass is 10.0. The molecule has 5 heteroatoms. The minimum Gasteiger partial charge on any atom is -0.481 e. The summed E-state index contributed by atoms with van der Waals surface area (Å²) >= 11 is 0. The molecular weight excluding hydrogens is 232 g/mol. The van der Waals surface area contributed by atoms with Crippen molar-refractivity contribution in [2.24, 2.45) is 11.8 Å². The molecule has 1 aliphatic carbocycles. The van der Waals surface area contributed by atoms with Crippen LogP contribution < -0.4 is 10.6 Å². The van der Waals surface area contributed by atoms with Gasteiger partial charge in [0.25, 0.3) is 0 Å². The van der Waals surface area contributed by atoms with Crippen molar-refractivity contribution < 1.29 is 14.7 Å². The summed E-state index contributed by atoms with van der Waals surface area (Å²) in [7, 11) is 0. The SMILES string of the molecule is CC(C)C(CC(=O)O)NC(=O)NCC1CCCC1. The van der Waals surface area contributed by atoms with Crippen LogP contribution in [0, 0.1) is 11.8 Å². The van der Waals surface area contributed by atoms with Crippen LogP contribution in [0.15, 0.2) is 0 Å². The van der Waals surface area contributed by atoms with E-state index >= 15 is 0 Å². The third-order valence-electron chi connectivity index (χ3n) is 3.54. The average molecular weight is 256 g/mol. The zero-order valence-corrected chi connectivity index (χ0v) is 11.2. The highest BCUT2D eigenvalue weighted by atomic mass is 16.4. The van der Waals surface area contributed by atoms with E-state index in [-0.39, 0.29) is 24.4 Å². The molecule has 0 aliphatic heterocycles. The summed E-state index contributed by atoms with van der Waals surface area (Å²) in [6.07, 6.45) is 4.84. The Kier molecular flexibility index (Phi) is 5.95. The summed E-state index contributed by atoms with van der Waals surface area (Å²) in [5.74, 6) is -0.184. The van der Waals surface area contributed by atoms with Gasteiger partial charge in [0.1, 0.15) is 0 Å². The predicted octanol–water partition coefficient (Wildman–Crippen LogP) is 1.98. The van der Waals surface area contributed by atoms with E-state index in [2.05, 4.69) is 10.6 Å². The van der Waals surface area contributed by atoms with Gasteiger partial charge in [-0.2, -0.15) is 0 Å². The van der Waals surface area contributed by atoms with E-state index in [0.717, 1.165) is 0 Å². The zero-order valence-electron chi connectivity index (χ0n) is 11.2. The van der Waals surface area contributed by atoms with E-state index in [1.807, 2.05) is 13.8 Å². The second-order valence-corrected chi connectivity index (χ2v) is 5.45. The number of rotatable bonds is 6. The van der Waals surface area contributed by atoms with Gasteiger partial charge in [0.15, 0.2) is 0 Å². The van der Waals surface area contributed by atoms with Crippen LogP contribution >= 0.6 is 0 Å². The van der Waals surface area contributed by atoms with Gasteiger partial charge in [-0.25, -0.2) is 4.79 Å². The van der Waals surface area contributed by atoms with Crippen molar-refractivity contribution in [3.05, 3.63) is 0 Å². The summed E-state index contributed by atoms with van der Waals surface area (Å²) in [5.41, 5.74) is 0. The smallest absolute Gasteiger partial charge is 0.315 e. The molecule has 1 fully saturated rings. The second-order valence-electron chi connectivity index (χ2n) is 5.45. The fraction of sp³-hybridized carbons (Fsp3) is 0.846. The molecule has 1 aliphatic rings. The Morgan fingerprint density at radius 1 is 1.28 bits per heavy atom. The van der Waals surface area contributed by atoms with Gasteiger partial charge in [0.2, 0.25) is 0 Å². The summed E-state index contributed by atoms with van der Waals surface area (Å²) < 4.78 is 0. The van der Waals surface area contributed by atoms with Crippen LogP contribution in [-0.2, 0) is 4.79 Å². The van der Waals surface area contributed by atoms with Crippen LogP contribution in [0.4, 0.5) is 4.79 Å². The van der Waals surface area contributed by atoms with Gasteiger partial charge in [-0.3, -0.25) is 4.79 Å². The van der Waals surface area contributed by atoms with Gasteiger partial charge in [-0.05, 0) is 24.7 Å². The molecule has 0 spiro atoms. The van der Waals surface area contributed by atoms with Crippen LogP contribution in [0.25, 0.3) is 0 Å². The van der Waals surface area contributed by atoms with E-state index < -0.39 is 5.97 Å². The van der Waals surface area contributed by atoms with Crippen LogP contribution in [0.3, 0.4) is 0 Å². The maximum absolute atomic E-state index is 11.7. The number of carbonyl (C=O) groups is 2. The van der Waals surface area contributed by atoms with E-state index in [1.54, 1.807) is 0 Å². The highest BCUT2D eigenvalue weighted by Gasteiger charge is 2.20. The predicted molar refractivity (Wildman–Crippen MR) is 69.4 cm³/mol. The minimum atomic E-state index is -0.884. The van der Waals surface area contributed by atoms with Crippen LogP contribution in [-0.4, -0.2) is 29.7 Å². The normalized spacial score (nSPS) is 17.7. The Bertz CT molecular complexity index is 286. The number of aliphatic carboxylic acids is 1. The van der Waals surface area contributed by atoms with Gasteiger partial charge in [-0.1, -0.05) is 26.7 Å². The van der Waals surface area contributed by atoms with Crippen LogP contribution in [0.2, 0.25) is 0 Å². The first-order valence-corrected chi connectivity index (χ1v) is 6.75. The average Bonchev–Trinajstić information content (AvgIpc) is 2.77. The molecule has 0 radical (unpaired) electrons. The minimum absolute atomic E-state index is 0.0332. The highest BCUT2D eigenvalue weighted by molar-refractivity contribution is 5.75. The Morgan fingerprint density at radius 2 is 1.89 bits per heavy atom. The maximum atomic E-state index is 11.7. The van der Waals surface area contributed by atoms with Crippen molar-refractivity contribution in [3.8, 4) is 0 Å². The lowest BCUT2D eigenvalue weighted by molar-refractivity contribution is -0.137. The largest absolute Gasteiger partial charge is 0.481 e. The molecule has 3 N–H and O–H groups in total. The summed E-state index contributed by atoms with van der Waals surface area (Å²) in [6.45, 7) is 4.51. The molecule has 1 saturated carbocycles. The van der Waals surface area contributed by atoms with Crippen LogP contribution in [0.1, 0.15) is 46.0 Å². The van der Waals surface area contributed by atoms with Crippen molar-refractivity contribution in [2.75, 3.05) is 6.54 Å². The molecule has 1 rings (SSSR count). The molecule has 0 heterocycles. The molecule has 18 heavy (non-hydrogen) atoms. The number of nitrogens with one attached hydrogen (secondary N) is 2. The standard InChI is InChI=1S/C13H24N2O3/c1-9(2)11(7-12(16)17)15-13(18)14-8-10-5-3-4-6-10/h9-11H,3-8H2,1-2H3,(H,16,17)(H2,14,15,18). The Hall–Kier alpha value is -1.26. The van der Waals surface area contributed by atoms with Gasteiger partial charge < -0.3 is 15.7 Å². The number of urea groups is 1. The first-order chi connectivity index (χ1) is 8.49. The van der Waals surface area contributed by atoms with Crippen molar-refractivity contribution in [3.63, 3.8) is 0 Å². The molecular formula is C13H24N2O3. The molecule has 0 bridgehead atoms. The number of carboxylic acid groups (broad SMARTS) is 1. The molecule has 2 amide bonds. The zero-order chi connectivity index (χ0) is 13.5. The molecule has 0 aromatic rings. The van der Waals surface area contributed by atoms with Crippen molar-refractivity contribution in [2.45, 2.75) is 52.0 Å². The maximum Gasteiger partial charge on any atom is 0.315 e. The Labute approximate surface area is 108 Å². The fourth-order valence-electron chi connectivity index (χ4n) is 2.31. The molecule has 104 valence electrons. The first kappa shape index (κ1) is 14.8. The topological polar surface area (TPSA) is 78.4 Å². The number of hydrogen-bond donors (Lipinski definition) is 3. The number of carboxylic acids is 1. The number of amides is 2. The van der Waals surface area contributed by atoms with Crippen molar-refractivity contribution in [1.82, 2.24) is 10.6 Å².